The lowest BCUT2D eigenvalue weighted by Gasteiger charge is -2.37. The lowest BCUT2D eigenvalue weighted by Crippen LogP contribution is -2.40. The molecule has 0 aromatic carbocycles. The minimum absolute atomic E-state index is 0.169. The Morgan fingerprint density at radius 2 is 2.25 bits per heavy atom. The van der Waals surface area contributed by atoms with E-state index < -0.39 is 5.60 Å². The first-order chi connectivity index (χ1) is 9.59. The summed E-state index contributed by atoms with van der Waals surface area (Å²) >= 11 is 0. The molecule has 20 heavy (non-hydrogen) atoms. The topological polar surface area (TPSA) is 63.4 Å². The molecular formula is C14H24N4O2. The minimum Gasteiger partial charge on any atom is -0.390 e. The van der Waals surface area contributed by atoms with Gasteiger partial charge in [-0.2, -0.15) is 0 Å². The number of rotatable bonds is 5. The predicted molar refractivity (Wildman–Crippen MR) is 74.4 cm³/mol. The Bertz CT molecular complexity index is 458. The van der Waals surface area contributed by atoms with Gasteiger partial charge in [0.2, 0.25) is 0 Å². The van der Waals surface area contributed by atoms with Gasteiger partial charge in [0.15, 0.2) is 0 Å². The summed E-state index contributed by atoms with van der Waals surface area (Å²) in [5, 5.41) is 18.4. The molecule has 2 fully saturated rings. The third-order valence-corrected chi connectivity index (χ3v) is 4.82. The number of aryl methyl sites for hydroxylation is 1. The van der Waals surface area contributed by atoms with Gasteiger partial charge < -0.3 is 9.84 Å². The summed E-state index contributed by atoms with van der Waals surface area (Å²) in [5.41, 5.74) is 0.608. The van der Waals surface area contributed by atoms with Crippen molar-refractivity contribution >= 4 is 0 Å². The molecule has 0 unspecified atom stereocenters. The molecule has 1 saturated carbocycles. The molecule has 2 heterocycles. The van der Waals surface area contributed by atoms with E-state index in [1.54, 1.807) is 11.8 Å². The van der Waals surface area contributed by atoms with E-state index in [1.165, 1.54) is 6.42 Å². The zero-order chi connectivity index (χ0) is 14.2. The predicted octanol–water partition coefficient (Wildman–Crippen LogP) is 0.534. The van der Waals surface area contributed by atoms with Crippen LogP contribution >= 0.6 is 0 Å². The molecule has 3 rings (SSSR count). The van der Waals surface area contributed by atoms with E-state index in [0.29, 0.717) is 0 Å². The lowest BCUT2D eigenvalue weighted by molar-refractivity contribution is -0.0458. The number of likely N-dealkylation sites (tertiary alicyclic amines) is 1. The quantitative estimate of drug-likeness (QED) is 0.852. The Kier molecular flexibility index (Phi) is 3.79. The van der Waals surface area contributed by atoms with Crippen LogP contribution in [-0.2, 0) is 11.8 Å². The smallest absolute Gasteiger partial charge is 0.0897 e. The molecule has 1 aliphatic carbocycles. The van der Waals surface area contributed by atoms with Crippen LogP contribution in [0, 0.1) is 0 Å². The maximum absolute atomic E-state index is 10.2. The fraction of sp³-hybridized carbons (Fsp3) is 0.857. The van der Waals surface area contributed by atoms with Gasteiger partial charge in [0.05, 0.1) is 17.4 Å². The largest absolute Gasteiger partial charge is 0.390 e. The van der Waals surface area contributed by atoms with Gasteiger partial charge in [-0.25, -0.2) is 0 Å². The SMILES string of the molecule is CO[C@@H]1CN(CCC2(O)CCC2)C[C@H]1c1cn(C)nn1. The Labute approximate surface area is 119 Å². The van der Waals surface area contributed by atoms with Crippen molar-refractivity contribution < 1.29 is 9.84 Å². The molecule has 2 atom stereocenters. The van der Waals surface area contributed by atoms with Crippen LogP contribution in [0.3, 0.4) is 0 Å². The summed E-state index contributed by atoms with van der Waals surface area (Å²) in [7, 11) is 3.65. The molecule has 0 bridgehead atoms. The van der Waals surface area contributed by atoms with Gasteiger partial charge in [-0.1, -0.05) is 5.21 Å². The van der Waals surface area contributed by atoms with Gasteiger partial charge in [0.1, 0.15) is 0 Å². The van der Waals surface area contributed by atoms with Gasteiger partial charge in [-0.15, -0.1) is 5.10 Å². The number of methoxy groups -OCH3 is 1. The molecule has 1 aliphatic heterocycles. The van der Waals surface area contributed by atoms with Crippen LogP contribution in [0.1, 0.15) is 37.3 Å². The first kappa shape index (κ1) is 14.0. The Hall–Kier alpha value is -0.980. The number of aliphatic hydroxyl groups is 1. The van der Waals surface area contributed by atoms with Crippen LogP contribution in [0.2, 0.25) is 0 Å². The second kappa shape index (κ2) is 5.42. The zero-order valence-electron chi connectivity index (χ0n) is 12.3. The third-order valence-electron chi connectivity index (χ3n) is 4.82. The van der Waals surface area contributed by atoms with Crippen molar-refractivity contribution in [3.05, 3.63) is 11.9 Å². The average Bonchev–Trinajstić information content (AvgIpc) is 2.99. The minimum atomic E-state index is -0.396. The van der Waals surface area contributed by atoms with Crippen molar-refractivity contribution in [2.24, 2.45) is 7.05 Å². The average molecular weight is 280 g/mol. The Morgan fingerprint density at radius 1 is 1.45 bits per heavy atom. The number of hydrogen-bond donors (Lipinski definition) is 1. The van der Waals surface area contributed by atoms with Crippen LogP contribution < -0.4 is 0 Å². The van der Waals surface area contributed by atoms with Gasteiger partial charge in [0, 0.05) is 45.9 Å². The number of nitrogens with zero attached hydrogens (tertiary/aromatic N) is 4. The second-order valence-corrected chi connectivity index (χ2v) is 6.29. The highest BCUT2D eigenvalue weighted by Gasteiger charge is 2.38. The molecule has 1 aromatic heterocycles. The molecule has 0 amide bonds. The number of ether oxygens (including phenoxy) is 1. The van der Waals surface area contributed by atoms with Crippen molar-refractivity contribution in [3.63, 3.8) is 0 Å². The van der Waals surface area contributed by atoms with E-state index in [9.17, 15) is 5.11 Å². The maximum Gasteiger partial charge on any atom is 0.0897 e. The summed E-state index contributed by atoms with van der Waals surface area (Å²) in [6.45, 7) is 2.79. The van der Waals surface area contributed by atoms with Gasteiger partial charge in [-0.05, 0) is 25.7 Å². The van der Waals surface area contributed by atoms with Gasteiger partial charge >= 0.3 is 0 Å². The molecule has 6 nitrogen and oxygen atoms in total. The highest BCUT2D eigenvalue weighted by molar-refractivity contribution is 5.10. The normalized spacial score (nSPS) is 29.6. The van der Waals surface area contributed by atoms with Crippen molar-refractivity contribution in [2.75, 3.05) is 26.7 Å². The molecule has 2 aliphatic rings. The van der Waals surface area contributed by atoms with Gasteiger partial charge in [0.25, 0.3) is 0 Å². The van der Waals surface area contributed by atoms with Crippen molar-refractivity contribution in [1.82, 2.24) is 19.9 Å². The molecule has 1 N–H and O–H groups in total. The van der Waals surface area contributed by atoms with Crippen molar-refractivity contribution in [2.45, 2.75) is 43.3 Å². The zero-order valence-corrected chi connectivity index (χ0v) is 12.3. The van der Waals surface area contributed by atoms with E-state index >= 15 is 0 Å². The first-order valence-electron chi connectivity index (χ1n) is 7.43. The summed E-state index contributed by atoms with van der Waals surface area (Å²) in [5.74, 6) is 0.282. The lowest BCUT2D eigenvalue weighted by atomic mass is 9.78. The van der Waals surface area contributed by atoms with Crippen molar-refractivity contribution in [1.29, 1.82) is 0 Å². The Balaban J connectivity index is 1.59. The van der Waals surface area contributed by atoms with E-state index in [4.69, 9.17) is 4.74 Å². The van der Waals surface area contributed by atoms with Crippen LogP contribution in [0.15, 0.2) is 6.20 Å². The molecule has 1 saturated heterocycles. The molecule has 6 heteroatoms. The summed E-state index contributed by atoms with van der Waals surface area (Å²) < 4.78 is 7.35. The number of aromatic nitrogens is 3. The monoisotopic (exact) mass is 280 g/mol. The highest BCUT2D eigenvalue weighted by Crippen LogP contribution is 2.36. The number of hydrogen-bond acceptors (Lipinski definition) is 5. The van der Waals surface area contributed by atoms with Crippen LogP contribution in [0.4, 0.5) is 0 Å². The summed E-state index contributed by atoms with van der Waals surface area (Å²) in [6, 6.07) is 0. The van der Waals surface area contributed by atoms with E-state index in [2.05, 4.69) is 15.2 Å². The molecule has 112 valence electrons. The second-order valence-electron chi connectivity index (χ2n) is 6.29. The molecule has 0 radical (unpaired) electrons. The summed E-state index contributed by atoms with van der Waals surface area (Å²) in [6.07, 6.45) is 6.10. The maximum atomic E-state index is 10.2. The van der Waals surface area contributed by atoms with Gasteiger partial charge in [-0.3, -0.25) is 9.58 Å². The molecule has 1 aromatic rings. The van der Waals surface area contributed by atoms with E-state index in [0.717, 1.165) is 44.6 Å². The van der Waals surface area contributed by atoms with E-state index in [-0.39, 0.29) is 12.0 Å². The highest BCUT2D eigenvalue weighted by atomic mass is 16.5. The van der Waals surface area contributed by atoms with E-state index in [1.807, 2.05) is 13.2 Å². The van der Waals surface area contributed by atoms with Crippen molar-refractivity contribution in [3.8, 4) is 0 Å². The standard InChI is InChI=1S/C14H24N4O2/c1-17-9-12(15-16-17)11-8-18(10-13(11)20-2)7-6-14(19)4-3-5-14/h9,11,13,19H,3-8,10H2,1-2H3/t11-,13+/m0/s1. The first-order valence-corrected chi connectivity index (χ1v) is 7.43. The molecular weight excluding hydrogens is 256 g/mol. The fourth-order valence-corrected chi connectivity index (χ4v) is 3.29. The van der Waals surface area contributed by atoms with Crippen LogP contribution in [0.25, 0.3) is 0 Å². The van der Waals surface area contributed by atoms with Crippen LogP contribution in [-0.4, -0.2) is 63.4 Å². The summed E-state index contributed by atoms with van der Waals surface area (Å²) in [4.78, 5) is 2.38. The Morgan fingerprint density at radius 3 is 2.80 bits per heavy atom. The van der Waals surface area contributed by atoms with Crippen LogP contribution in [0.5, 0.6) is 0 Å². The fourth-order valence-electron chi connectivity index (χ4n) is 3.29. The third kappa shape index (κ3) is 2.73. The molecule has 0 spiro atoms.